The van der Waals surface area contributed by atoms with Gasteiger partial charge >= 0.3 is 0 Å². The molecule has 0 aromatic rings. The van der Waals surface area contributed by atoms with Gasteiger partial charge in [-0.05, 0) is 56.4 Å². The van der Waals surface area contributed by atoms with Crippen LogP contribution in [0.1, 0.15) is 77.6 Å². The first-order valence-electron chi connectivity index (χ1n) is 11.2. The predicted octanol–water partition coefficient (Wildman–Crippen LogP) is 4.67. The van der Waals surface area contributed by atoms with E-state index in [1.165, 1.54) is 18.4 Å². The number of aliphatic hydroxyl groups is 1. The molecule has 0 aliphatic heterocycles. The maximum atomic E-state index is 12.1. The molecule has 1 N–H and O–H groups in total. The molecule has 2 aliphatic rings. The van der Waals surface area contributed by atoms with Gasteiger partial charge in [0.2, 0.25) is 5.91 Å². The molecular weight excluding hydrogens is 350 g/mol. The van der Waals surface area contributed by atoms with Crippen LogP contribution in [0, 0.1) is 17.8 Å². The Kier molecular flexibility index (Phi) is 9.43. The maximum absolute atomic E-state index is 12.1. The Morgan fingerprint density at radius 3 is 2.61 bits per heavy atom. The van der Waals surface area contributed by atoms with Crippen LogP contribution in [0.2, 0.25) is 0 Å². The fourth-order valence-electron chi connectivity index (χ4n) is 4.67. The van der Waals surface area contributed by atoms with E-state index in [9.17, 15) is 14.7 Å². The van der Waals surface area contributed by atoms with Crippen LogP contribution in [0.25, 0.3) is 0 Å². The number of hydrogen-bond acceptors (Lipinski definition) is 3. The van der Waals surface area contributed by atoms with Crippen molar-refractivity contribution in [1.82, 2.24) is 4.90 Å². The summed E-state index contributed by atoms with van der Waals surface area (Å²) in [4.78, 5) is 25.4. The van der Waals surface area contributed by atoms with Crippen LogP contribution in [0.3, 0.4) is 0 Å². The summed E-state index contributed by atoms with van der Waals surface area (Å²) in [5.41, 5.74) is 1.48. The fourth-order valence-corrected chi connectivity index (χ4v) is 4.67. The van der Waals surface area contributed by atoms with E-state index in [1.807, 2.05) is 6.08 Å². The van der Waals surface area contributed by atoms with Crippen LogP contribution in [0.15, 0.2) is 23.8 Å². The molecule has 28 heavy (non-hydrogen) atoms. The molecule has 0 aromatic carbocycles. The Hall–Kier alpha value is -1.42. The van der Waals surface area contributed by atoms with Gasteiger partial charge in [0.05, 0.1) is 6.10 Å². The number of fused-ring (bicyclic) bond motifs is 1. The van der Waals surface area contributed by atoms with Gasteiger partial charge in [0.25, 0.3) is 0 Å². The lowest BCUT2D eigenvalue weighted by Crippen LogP contribution is -2.21. The molecule has 0 bridgehead atoms. The number of unbranched alkanes of at least 4 members (excludes halogenated alkanes) is 4. The lowest BCUT2D eigenvalue weighted by molar-refractivity contribution is -0.128. The first-order valence-corrected chi connectivity index (χ1v) is 11.2. The van der Waals surface area contributed by atoms with E-state index >= 15 is 0 Å². The molecule has 0 spiro atoms. The molecule has 2 aliphatic carbocycles. The third-order valence-corrected chi connectivity index (χ3v) is 6.37. The summed E-state index contributed by atoms with van der Waals surface area (Å²) < 4.78 is 0. The molecule has 158 valence electrons. The summed E-state index contributed by atoms with van der Waals surface area (Å²) in [5.74, 6) is 1.39. The molecule has 0 unspecified atom stereocenters. The molecule has 4 nitrogen and oxygen atoms in total. The molecule has 4 atom stereocenters. The van der Waals surface area contributed by atoms with Crippen molar-refractivity contribution in [2.75, 3.05) is 14.1 Å². The van der Waals surface area contributed by atoms with Crippen LogP contribution in [-0.2, 0) is 9.59 Å². The van der Waals surface area contributed by atoms with Crippen molar-refractivity contribution >= 4 is 11.7 Å². The zero-order valence-corrected chi connectivity index (χ0v) is 18.0. The molecule has 0 radical (unpaired) electrons. The molecule has 1 amide bonds. The lowest BCUT2D eigenvalue weighted by atomic mass is 9.88. The molecule has 4 heteroatoms. The van der Waals surface area contributed by atoms with Crippen LogP contribution < -0.4 is 0 Å². The summed E-state index contributed by atoms with van der Waals surface area (Å²) in [6.07, 6.45) is 16.4. The smallest absolute Gasteiger partial charge is 0.222 e. The Balaban J connectivity index is 1.74. The Morgan fingerprint density at radius 1 is 1.14 bits per heavy atom. The van der Waals surface area contributed by atoms with E-state index in [0.717, 1.165) is 44.9 Å². The van der Waals surface area contributed by atoms with Crippen molar-refractivity contribution in [2.24, 2.45) is 17.8 Å². The SMILES string of the molecule is CCCCCCC(=O)/C=C/[C@@H]1[C@H]2CC(CCCCC(=O)N(C)C)=C[C@H]2C[C@H]1O. The van der Waals surface area contributed by atoms with Gasteiger partial charge in [-0.1, -0.05) is 43.9 Å². The number of aliphatic hydroxyl groups excluding tert-OH is 1. The summed E-state index contributed by atoms with van der Waals surface area (Å²) in [7, 11) is 3.61. The Labute approximate surface area is 171 Å². The highest BCUT2D eigenvalue weighted by atomic mass is 16.3. The van der Waals surface area contributed by atoms with Crippen molar-refractivity contribution < 1.29 is 14.7 Å². The minimum atomic E-state index is -0.324. The number of allylic oxidation sites excluding steroid dienone is 3. The zero-order valence-electron chi connectivity index (χ0n) is 18.0. The van der Waals surface area contributed by atoms with E-state index in [1.54, 1.807) is 25.1 Å². The largest absolute Gasteiger partial charge is 0.392 e. The predicted molar refractivity (Wildman–Crippen MR) is 114 cm³/mol. The van der Waals surface area contributed by atoms with Crippen LogP contribution >= 0.6 is 0 Å². The van der Waals surface area contributed by atoms with Crippen molar-refractivity contribution in [1.29, 1.82) is 0 Å². The minimum absolute atomic E-state index is 0.105. The third-order valence-electron chi connectivity index (χ3n) is 6.37. The molecule has 2 rings (SSSR count). The second kappa shape index (κ2) is 11.5. The normalized spacial score (nSPS) is 26.5. The van der Waals surface area contributed by atoms with Crippen molar-refractivity contribution in [2.45, 2.75) is 83.7 Å². The van der Waals surface area contributed by atoms with E-state index in [2.05, 4.69) is 13.0 Å². The highest BCUT2D eigenvalue weighted by Crippen LogP contribution is 2.48. The van der Waals surface area contributed by atoms with Gasteiger partial charge in [-0.2, -0.15) is 0 Å². The number of carbonyl (C=O) groups excluding carboxylic acids is 2. The molecule has 0 aromatic heterocycles. The van der Waals surface area contributed by atoms with Crippen molar-refractivity contribution in [3.63, 3.8) is 0 Å². The zero-order chi connectivity index (χ0) is 20.5. The van der Waals surface area contributed by atoms with Gasteiger partial charge in [0.15, 0.2) is 5.78 Å². The summed E-state index contributed by atoms with van der Waals surface area (Å²) in [6, 6.07) is 0. The average Bonchev–Trinajstić information content (AvgIpc) is 3.16. The van der Waals surface area contributed by atoms with E-state index in [-0.39, 0.29) is 23.7 Å². The molecule has 1 saturated carbocycles. The molecule has 0 saturated heterocycles. The van der Waals surface area contributed by atoms with Gasteiger partial charge in [0.1, 0.15) is 0 Å². The Bertz CT molecular complexity index is 578. The molecule has 0 heterocycles. The van der Waals surface area contributed by atoms with Gasteiger partial charge in [0, 0.05) is 32.9 Å². The average molecular weight is 390 g/mol. The fraction of sp³-hybridized carbons (Fsp3) is 0.750. The van der Waals surface area contributed by atoms with Crippen LogP contribution in [0.4, 0.5) is 0 Å². The topological polar surface area (TPSA) is 57.6 Å². The Morgan fingerprint density at radius 2 is 1.89 bits per heavy atom. The van der Waals surface area contributed by atoms with Crippen LogP contribution in [0.5, 0.6) is 0 Å². The van der Waals surface area contributed by atoms with E-state index < -0.39 is 0 Å². The highest BCUT2D eigenvalue weighted by molar-refractivity contribution is 5.89. The second-order valence-corrected chi connectivity index (χ2v) is 8.87. The molecule has 1 fully saturated rings. The van der Waals surface area contributed by atoms with Crippen LogP contribution in [-0.4, -0.2) is 41.9 Å². The van der Waals surface area contributed by atoms with Crippen molar-refractivity contribution in [3.05, 3.63) is 23.8 Å². The number of carbonyl (C=O) groups is 2. The first-order chi connectivity index (χ1) is 13.4. The van der Waals surface area contributed by atoms with Gasteiger partial charge in [-0.25, -0.2) is 0 Å². The van der Waals surface area contributed by atoms with Gasteiger partial charge < -0.3 is 10.0 Å². The lowest BCUT2D eigenvalue weighted by Gasteiger charge is -2.18. The highest BCUT2D eigenvalue weighted by Gasteiger charge is 2.43. The first kappa shape index (κ1) is 22.9. The molecular formula is C24H39NO3. The number of rotatable bonds is 12. The quantitative estimate of drug-likeness (QED) is 0.300. The van der Waals surface area contributed by atoms with E-state index in [0.29, 0.717) is 24.7 Å². The maximum Gasteiger partial charge on any atom is 0.222 e. The van der Waals surface area contributed by atoms with Crippen molar-refractivity contribution in [3.8, 4) is 0 Å². The summed E-state index contributed by atoms with van der Waals surface area (Å²) in [6.45, 7) is 2.17. The summed E-state index contributed by atoms with van der Waals surface area (Å²) in [5, 5.41) is 10.4. The standard InChI is InChI=1S/C24H39NO3/c1-4-5-6-7-11-20(26)13-14-21-22-16-18(15-19(22)17-23(21)27)10-8-9-12-24(28)25(2)3/h13-15,19,21-23,27H,4-12,16-17H2,1-3H3/b14-13+/t19-,21+,22-,23+/m0/s1. The minimum Gasteiger partial charge on any atom is -0.392 e. The number of nitrogens with zero attached hydrogens (tertiary/aromatic N) is 1. The summed E-state index contributed by atoms with van der Waals surface area (Å²) >= 11 is 0. The monoisotopic (exact) mass is 389 g/mol. The van der Waals surface area contributed by atoms with E-state index in [4.69, 9.17) is 0 Å². The number of amides is 1. The second-order valence-electron chi connectivity index (χ2n) is 8.87. The van der Waals surface area contributed by atoms with Gasteiger partial charge in [-0.15, -0.1) is 0 Å². The third kappa shape index (κ3) is 6.88. The number of hydrogen-bond donors (Lipinski definition) is 1. The van der Waals surface area contributed by atoms with Gasteiger partial charge in [-0.3, -0.25) is 9.59 Å². The number of ketones is 1.